The number of nitrogens with one attached hydrogen (secondary N) is 1. The first-order chi connectivity index (χ1) is 5.79. The molecule has 7 heteroatoms. The number of aromatic carboxylic acids is 1. The van der Waals surface area contributed by atoms with E-state index in [0.717, 1.165) is 0 Å². The first-order valence-electron chi connectivity index (χ1n) is 3.30. The Kier molecular flexibility index (Phi) is 5.58. The molecule has 5 nitrogen and oxygen atoms in total. The van der Waals surface area contributed by atoms with Crippen LogP contribution in [0.2, 0.25) is 0 Å². The van der Waals surface area contributed by atoms with Gasteiger partial charge in [0, 0.05) is 5.56 Å². The Morgan fingerprint density at radius 3 is 2.79 bits per heavy atom. The number of para-hydroxylation sites is 1. The first kappa shape index (κ1) is 13.8. The number of aromatic nitrogens is 3. The molecule has 72 valence electrons. The van der Waals surface area contributed by atoms with Crippen LogP contribution in [0.15, 0.2) is 18.2 Å². The molecule has 0 radical (unpaired) electrons. The fourth-order valence-electron chi connectivity index (χ4n) is 1.03. The van der Waals surface area contributed by atoms with E-state index in [1.165, 1.54) is 6.07 Å². The molecule has 14 heavy (non-hydrogen) atoms. The predicted octanol–water partition coefficient (Wildman–Crippen LogP) is -3.56. The van der Waals surface area contributed by atoms with Gasteiger partial charge in [-0.1, -0.05) is 12.1 Å². The molecular weight excluding hydrogens is 289 g/mol. The van der Waals surface area contributed by atoms with E-state index in [0.29, 0.717) is 11.0 Å². The SMILES string of the molecule is O=C([O-])c1cccc2n[nH]nc12.[Ag+].[H-].[Na+]. The van der Waals surface area contributed by atoms with Crippen LogP contribution in [0.25, 0.3) is 11.0 Å². The molecule has 1 aromatic heterocycles. The smallest absolute Gasteiger partial charge is 1.00 e. The van der Waals surface area contributed by atoms with Crippen LogP contribution in [0.4, 0.5) is 0 Å². The number of aromatic amines is 1. The molecule has 0 aliphatic rings. The van der Waals surface area contributed by atoms with E-state index >= 15 is 0 Å². The van der Waals surface area contributed by atoms with Gasteiger partial charge in [-0.3, -0.25) is 0 Å². The maximum absolute atomic E-state index is 10.5. The molecular formula is C7H5AgN3NaO2. The van der Waals surface area contributed by atoms with Crippen LogP contribution in [0.1, 0.15) is 11.8 Å². The van der Waals surface area contributed by atoms with Crippen molar-refractivity contribution in [2.75, 3.05) is 0 Å². The van der Waals surface area contributed by atoms with Crippen molar-refractivity contribution in [3.63, 3.8) is 0 Å². The largest absolute Gasteiger partial charge is 1.00 e. The van der Waals surface area contributed by atoms with Gasteiger partial charge in [0.2, 0.25) is 0 Å². The van der Waals surface area contributed by atoms with E-state index in [-0.39, 0.29) is 58.9 Å². The van der Waals surface area contributed by atoms with Gasteiger partial charge in [0.15, 0.2) is 0 Å². The summed E-state index contributed by atoms with van der Waals surface area (Å²) in [6, 6.07) is 4.70. The van der Waals surface area contributed by atoms with E-state index in [1.807, 2.05) is 0 Å². The van der Waals surface area contributed by atoms with E-state index < -0.39 is 5.97 Å². The molecule has 2 rings (SSSR count). The minimum Gasteiger partial charge on any atom is -1.00 e. The first-order valence-corrected chi connectivity index (χ1v) is 3.30. The third kappa shape index (κ3) is 2.44. The van der Waals surface area contributed by atoms with Crippen LogP contribution in [-0.2, 0) is 22.4 Å². The zero-order valence-corrected chi connectivity index (χ0v) is 10.7. The summed E-state index contributed by atoms with van der Waals surface area (Å²) in [5, 5.41) is 20.3. The van der Waals surface area contributed by atoms with Crippen LogP contribution in [0.5, 0.6) is 0 Å². The number of hydrogen-bond acceptors (Lipinski definition) is 4. The normalized spacial score (nSPS) is 8.86. The van der Waals surface area contributed by atoms with Crippen LogP contribution in [0.3, 0.4) is 0 Å². The van der Waals surface area contributed by atoms with E-state index in [2.05, 4.69) is 15.4 Å². The Balaban J connectivity index is 0. The van der Waals surface area contributed by atoms with Crippen LogP contribution in [0, 0.1) is 0 Å². The van der Waals surface area contributed by atoms with Gasteiger partial charge < -0.3 is 11.3 Å². The minimum absolute atomic E-state index is 0. The molecule has 0 saturated heterocycles. The number of carbonyl (C=O) groups is 1. The molecule has 0 aliphatic carbocycles. The zero-order valence-electron chi connectivity index (χ0n) is 8.24. The monoisotopic (exact) mass is 293 g/mol. The van der Waals surface area contributed by atoms with Crippen molar-refractivity contribution >= 4 is 17.0 Å². The van der Waals surface area contributed by atoms with Crippen LogP contribution >= 0.6 is 0 Å². The number of carbonyl (C=O) groups excluding carboxylic acids is 1. The molecule has 0 fully saturated rings. The second-order valence-corrected chi connectivity index (χ2v) is 2.28. The van der Waals surface area contributed by atoms with E-state index in [1.54, 1.807) is 12.1 Å². The van der Waals surface area contributed by atoms with Crippen molar-refractivity contribution in [2.24, 2.45) is 0 Å². The van der Waals surface area contributed by atoms with E-state index in [4.69, 9.17) is 0 Å². The maximum atomic E-state index is 10.5. The number of benzene rings is 1. The van der Waals surface area contributed by atoms with Gasteiger partial charge in [-0.25, -0.2) is 0 Å². The summed E-state index contributed by atoms with van der Waals surface area (Å²) in [6.45, 7) is 0. The van der Waals surface area contributed by atoms with Crippen molar-refractivity contribution in [2.45, 2.75) is 0 Å². The Bertz CT molecular complexity index is 450. The molecule has 0 amide bonds. The molecule has 2 aromatic rings. The number of fused-ring (bicyclic) bond motifs is 1. The zero-order chi connectivity index (χ0) is 8.55. The van der Waals surface area contributed by atoms with Crippen LogP contribution < -0.4 is 34.7 Å². The van der Waals surface area contributed by atoms with Gasteiger partial charge in [-0.15, -0.1) is 0 Å². The van der Waals surface area contributed by atoms with Crippen molar-refractivity contribution < 1.29 is 63.3 Å². The quantitative estimate of drug-likeness (QED) is 0.552. The van der Waals surface area contributed by atoms with Crippen LogP contribution in [-0.4, -0.2) is 21.4 Å². The average molecular weight is 294 g/mol. The van der Waals surface area contributed by atoms with Gasteiger partial charge in [0.1, 0.15) is 11.0 Å². The minimum atomic E-state index is -1.24. The molecule has 0 saturated carbocycles. The standard InChI is InChI=1S/C7H5N3O2.Ag.Na.H/c11-7(12)4-2-1-3-5-6(4)9-10-8-5;;;/h1-3H,(H,11,12)(H,8,9,10);;;/q;2*+1;-1/p-1. The number of carboxylic acids is 1. The number of carboxylic acid groups (broad SMARTS) is 1. The molecule has 1 heterocycles. The Labute approximate surface area is 119 Å². The van der Waals surface area contributed by atoms with Gasteiger partial charge in [-0.05, 0) is 6.07 Å². The molecule has 1 aromatic carbocycles. The van der Waals surface area contributed by atoms with Crippen molar-refractivity contribution in [1.82, 2.24) is 15.4 Å². The Morgan fingerprint density at radius 2 is 2.14 bits per heavy atom. The summed E-state index contributed by atoms with van der Waals surface area (Å²) >= 11 is 0. The Morgan fingerprint density at radius 1 is 1.43 bits per heavy atom. The van der Waals surface area contributed by atoms with Crippen molar-refractivity contribution in [3.05, 3.63) is 23.8 Å². The fourth-order valence-corrected chi connectivity index (χ4v) is 1.03. The molecule has 0 aliphatic heterocycles. The number of nitrogens with zero attached hydrogens (tertiary/aromatic N) is 2. The summed E-state index contributed by atoms with van der Waals surface area (Å²) in [6.07, 6.45) is 0. The van der Waals surface area contributed by atoms with Gasteiger partial charge in [-0.2, -0.15) is 15.4 Å². The third-order valence-electron chi connectivity index (χ3n) is 1.57. The van der Waals surface area contributed by atoms with Crippen molar-refractivity contribution in [3.8, 4) is 0 Å². The predicted molar refractivity (Wildman–Crippen MR) is 39.3 cm³/mol. The number of hydrogen-bond donors (Lipinski definition) is 1. The molecule has 0 atom stereocenters. The van der Waals surface area contributed by atoms with Gasteiger partial charge >= 0.3 is 51.9 Å². The molecule has 1 N–H and O–H groups in total. The molecule has 0 unspecified atom stereocenters. The number of rotatable bonds is 1. The number of H-pyrrole nitrogens is 1. The van der Waals surface area contributed by atoms with E-state index in [9.17, 15) is 9.90 Å². The molecule has 0 spiro atoms. The van der Waals surface area contributed by atoms with Gasteiger partial charge in [0.05, 0.1) is 5.97 Å². The summed E-state index contributed by atoms with van der Waals surface area (Å²) in [5.41, 5.74) is 0.912. The summed E-state index contributed by atoms with van der Waals surface area (Å²) in [5.74, 6) is -1.24. The van der Waals surface area contributed by atoms with Crippen molar-refractivity contribution in [1.29, 1.82) is 0 Å². The second kappa shape index (κ2) is 5.65. The summed E-state index contributed by atoms with van der Waals surface area (Å²) in [4.78, 5) is 10.5. The fraction of sp³-hybridized carbons (Fsp3) is 0. The summed E-state index contributed by atoms with van der Waals surface area (Å²) < 4.78 is 0. The topological polar surface area (TPSA) is 81.7 Å². The maximum Gasteiger partial charge on any atom is 1.00 e. The average Bonchev–Trinajstić information content (AvgIpc) is 2.49. The molecule has 0 bridgehead atoms. The van der Waals surface area contributed by atoms with Gasteiger partial charge in [0.25, 0.3) is 0 Å². The Hall–Kier alpha value is -0.170. The summed E-state index contributed by atoms with van der Waals surface area (Å²) in [7, 11) is 0. The second-order valence-electron chi connectivity index (χ2n) is 2.28. The third-order valence-corrected chi connectivity index (χ3v) is 1.57.